The minimum atomic E-state index is -0.282. The van der Waals surface area contributed by atoms with Crippen LogP contribution in [0.4, 0.5) is 15.1 Å². The van der Waals surface area contributed by atoms with Gasteiger partial charge >= 0.3 is 6.03 Å². The lowest BCUT2D eigenvalue weighted by Crippen LogP contribution is -2.41. The van der Waals surface area contributed by atoms with E-state index in [0.29, 0.717) is 12.5 Å². The predicted octanol–water partition coefficient (Wildman–Crippen LogP) is 3.02. The molecule has 1 atom stereocenters. The molecule has 2 amide bonds. The third-order valence-corrected chi connectivity index (χ3v) is 4.20. The summed E-state index contributed by atoms with van der Waals surface area (Å²) >= 11 is 0. The van der Waals surface area contributed by atoms with Gasteiger partial charge < -0.3 is 4.90 Å². The second-order valence-corrected chi connectivity index (χ2v) is 5.80. The van der Waals surface area contributed by atoms with Crippen molar-refractivity contribution in [2.45, 2.75) is 32.2 Å². The summed E-state index contributed by atoms with van der Waals surface area (Å²) in [6, 6.07) is 6.09. The standard InChI is InChI=1S/C16H20FN5O/c1-11-18-15(20-21(11)2)19-16(23)22-9-4-3-8-14(22)12-6-5-7-13(17)10-12/h5-7,10,14H,3-4,8-9H2,1-2H3,(H,19,20,23). The SMILES string of the molecule is Cc1nc(NC(=O)N2CCCCC2c2cccc(F)c2)nn1C. The largest absolute Gasteiger partial charge is 0.324 e. The fourth-order valence-corrected chi connectivity index (χ4v) is 2.92. The molecule has 0 aliphatic carbocycles. The molecule has 2 heterocycles. The number of halogens is 1. The molecular weight excluding hydrogens is 297 g/mol. The van der Waals surface area contributed by atoms with Gasteiger partial charge in [0.15, 0.2) is 0 Å². The highest BCUT2D eigenvalue weighted by Gasteiger charge is 2.28. The number of amides is 2. The maximum Gasteiger partial charge on any atom is 0.324 e. The van der Waals surface area contributed by atoms with Crippen molar-refractivity contribution >= 4 is 12.0 Å². The molecule has 3 rings (SSSR count). The van der Waals surface area contributed by atoms with Crippen LogP contribution in [-0.2, 0) is 7.05 Å². The molecule has 7 heteroatoms. The zero-order chi connectivity index (χ0) is 16.4. The fraction of sp³-hybridized carbons (Fsp3) is 0.438. The van der Waals surface area contributed by atoms with Gasteiger partial charge in [0.05, 0.1) is 6.04 Å². The van der Waals surface area contributed by atoms with Gasteiger partial charge in [-0.05, 0) is 43.9 Å². The molecule has 1 fully saturated rings. The van der Waals surface area contributed by atoms with E-state index in [0.717, 1.165) is 30.7 Å². The van der Waals surface area contributed by atoms with Gasteiger partial charge in [-0.25, -0.2) is 9.18 Å². The molecule has 0 spiro atoms. The molecule has 1 unspecified atom stereocenters. The van der Waals surface area contributed by atoms with Gasteiger partial charge in [0.2, 0.25) is 5.95 Å². The Labute approximate surface area is 134 Å². The average Bonchev–Trinajstić information content (AvgIpc) is 2.85. The number of aryl methyl sites for hydroxylation is 2. The lowest BCUT2D eigenvalue weighted by molar-refractivity contribution is 0.163. The summed E-state index contributed by atoms with van der Waals surface area (Å²) in [5, 5.41) is 6.88. The van der Waals surface area contributed by atoms with Crippen LogP contribution in [0, 0.1) is 12.7 Å². The van der Waals surface area contributed by atoms with Crippen LogP contribution in [0.15, 0.2) is 24.3 Å². The highest BCUT2D eigenvalue weighted by atomic mass is 19.1. The van der Waals surface area contributed by atoms with Gasteiger partial charge in [-0.1, -0.05) is 12.1 Å². The Morgan fingerprint density at radius 3 is 2.91 bits per heavy atom. The number of hydrogen-bond donors (Lipinski definition) is 1. The first-order valence-electron chi connectivity index (χ1n) is 7.75. The van der Waals surface area contributed by atoms with Crippen molar-refractivity contribution in [3.63, 3.8) is 0 Å². The Balaban J connectivity index is 1.79. The molecule has 0 saturated carbocycles. The molecule has 1 aromatic heterocycles. The van der Waals surface area contributed by atoms with E-state index in [1.807, 2.05) is 13.0 Å². The molecule has 1 saturated heterocycles. The van der Waals surface area contributed by atoms with Gasteiger partial charge in [-0.3, -0.25) is 10.00 Å². The lowest BCUT2D eigenvalue weighted by atomic mass is 9.95. The van der Waals surface area contributed by atoms with Crippen LogP contribution < -0.4 is 5.32 Å². The number of nitrogens with zero attached hydrogens (tertiary/aromatic N) is 4. The smallest absolute Gasteiger partial charge is 0.317 e. The summed E-state index contributed by atoms with van der Waals surface area (Å²) in [4.78, 5) is 18.5. The minimum absolute atomic E-state index is 0.121. The molecular formula is C16H20FN5O. The number of hydrogen-bond acceptors (Lipinski definition) is 3. The number of likely N-dealkylation sites (tertiary alicyclic amines) is 1. The van der Waals surface area contributed by atoms with Gasteiger partial charge in [-0.15, -0.1) is 5.10 Å². The summed E-state index contributed by atoms with van der Waals surface area (Å²) in [5.41, 5.74) is 0.824. The number of carbonyl (C=O) groups is 1. The van der Waals surface area contributed by atoms with E-state index >= 15 is 0 Å². The molecule has 0 radical (unpaired) electrons. The monoisotopic (exact) mass is 317 g/mol. The van der Waals surface area contributed by atoms with Crippen LogP contribution in [0.3, 0.4) is 0 Å². The number of carbonyl (C=O) groups excluding carboxylic acids is 1. The normalized spacial score (nSPS) is 18.0. The quantitative estimate of drug-likeness (QED) is 0.926. The topological polar surface area (TPSA) is 63.1 Å². The molecule has 6 nitrogen and oxygen atoms in total. The molecule has 2 aromatic rings. The van der Waals surface area contributed by atoms with E-state index in [9.17, 15) is 9.18 Å². The zero-order valence-electron chi connectivity index (χ0n) is 13.3. The first-order chi connectivity index (χ1) is 11.0. The Morgan fingerprint density at radius 1 is 1.39 bits per heavy atom. The van der Waals surface area contributed by atoms with E-state index in [1.54, 1.807) is 22.7 Å². The fourth-order valence-electron chi connectivity index (χ4n) is 2.92. The summed E-state index contributed by atoms with van der Waals surface area (Å²) in [6.45, 7) is 2.46. The summed E-state index contributed by atoms with van der Waals surface area (Å²) < 4.78 is 15.1. The van der Waals surface area contributed by atoms with Crippen molar-refractivity contribution in [2.24, 2.45) is 7.05 Å². The number of aromatic nitrogens is 3. The van der Waals surface area contributed by atoms with Gasteiger partial charge in [0, 0.05) is 13.6 Å². The molecule has 23 heavy (non-hydrogen) atoms. The predicted molar refractivity (Wildman–Crippen MR) is 84.5 cm³/mol. The van der Waals surface area contributed by atoms with Crippen LogP contribution in [0.25, 0.3) is 0 Å². The second-order valence-electron chi connectivity index (χ2n) is 5.80. The summed E-state index contributed by atoms with van der Waals surface area (Å²) in [5.74, 6) is 0.731. The van der Waals surface area contributed by atoms with Crippen molar-refractivity contribution in [1.29, 1.82) is 0 Å². The van der Waals surface area contributed by atoms with Crippen molar-refractivity contribution in [3.05, 3.63) is 41.5 Å². The van der Waals surface area contributed by atoms with Crippen LogP contribution in [0.1, 0.15) is 36.7 Å². The van der Waals surface area contributed by atoms with Gasteiger partial charge in [0.25, 0.3) is 0 Å². The minimum Gasteiger partial charge on any atom is -0.317 e. The first kappa shape index (κ1) is 15.5. The number of rotatable bonds is 2. The molecule has 1 aliphatic rings. The van der Waals surface area contributed by atoms with E-state index < -0.39 is 0 Å². The van der Waals surface area contributed by atoms with Crippen molar-refractivity contribution in [2.75, 3.05) is 11.9 Å². The molecule has 1 aliphatic heterocycles. The van der Waals surface area contributed by atoms with E-state index in [-0.39, 0.29) is 17.9 Å². The summed E-state index contributed by atoms with van der Waals surface area (Å²) in [7, 11) is 1.77. The van der Waals surface area contributed by atoms with E-state index in [1.165, 1.54) is 12.1 Å². The Kier molecular flexibility index (Phi) is 4.27. The zero-order valence-corrected chi connectivity index (χ0v) is 13.3. The van der Waals surface area contributed by atoms with Crippen molar-refractivity contribution in [1.82, 2.24) is 19.7 Å². The van der Waals surface area contributed by atoms with Gasteiger partial charge in [-0.2, -0.15) is 4.98 Å². The maximum atomic E-state index is 13.5. The van der Waals surface area contributed by atoms with Crippen LogP contribution >= 0.6 is 0 Å². The Hall–Kier alpha value is -2.44. The van der Waals surface area contributed by atoms with E-state index in [4.69, 9.17) is 0 Å². The number of anilines is 1. The molecule has 1 N–H and O–H groups in total. The molecule has 122 valence electrons. The van der Waals surface area contributed by atoms with Crippen molar-refractivity contribution < 1.29 is 9.18 Å². The second kappa shape index (κ2) is 6.36. The highest BCUT2D eigenvalue weighted by molar-refractivity contribution is 5.87. The molecule has 0 bridgehead atoms. The van der Waals surface area contributed by atoms with E-state index in [2.05, 4.69) is 15.4 Å². The number of urea groups is 1. The third-order valence-electron chi connectivity index (χ3n) is 4.20. The number of piperidine rings is 1. The van der Waals surface area contributed by atoms with Crippen molar-refractivity contribution in [3.8, 4) is 0 Å². The maximum absolute atomic E-state index is 13.5. The first-order valence-corrected chi connectivity index (χ1v) is 7.75. The number of benzene rings is 1. The summed E-state index contributed by atoms with van der Waals surface area (Å²) in [6.07, 6.45) is 2.78. The van der Waals surface area contributed by atoms with Crippen LogP contribution in [0.2, 0.25) is 0 Å². The average molecular weight is 317 g/mol. The highest BCUT2D eigenvalue weighted by Crippen LogP contribution is 2.31. The number of nitrogens with one attached hydrogen (secondary N) is 1. The Morgan fingerprint density at radius 2 is 2.22 bits per heavy atom. The Bertz CT molecular complexity index is 695. The van der Waals surface area contributed by atoms with Crippen LogP contribution in [0.5, 0.6) is 0 Å². The van der Waals surface area contributed by atoms with Crippen LogP contribution in [-0.4, -0.2) is 32.2 Å². The van der Waals surface area contributed by atoms with Gasteiger partial charge in [0.1, 0.15) is 11.6 Å². The third kappa shape index (κ3) is 3.33. The lowest BCUT2D eigenvalue weighted by Gasteiger charge is -2.35. The molecule has 1 aromatic carbocycles.